The lowest BCUT2D eigenvalue weighted by atomic mass is 9.91. The second-order valence-electron chi connectivity index (χ2n) is 8.07. The van der Waals surface area contributed by atoms with Crippen LogP contribution in [-0.2, 0) is 27.7 Å². The number of anilines is 2. The van der Waals surface area contributed by atoms with Crippen molar-refractivity contribution in [3.63, 3.8) is 0 Å². The Balaban J connectivity index is 1.57. The van der Waals surface area contributed by atoms with Gasteiger partial charge in [0, 0.05) is 18.7 Å². The first kappa shape index (κ1) is 19.8. The van der Waals surface area contributed by atoms with Gasteiger partial charge in [0.05, 0.1) is 17.2 Å². The zero-order chi connectivity index (χ0) is 20.6. The molecule has 0 bridgehead atoms. The molecule has 0 saturated carbocycles. The molecule has 0 saturated heterocycles. The molecular weight excluding hydrogens is 388 g/mol. The molecule has 2 aromatic rings. The summed E-state index contributed by atoms with van der Waals surface area (Å²) in [6, 6.07) is 10.2. The van der Waals surface area contributed by atoms with Gasteiger partial charge in [-0.2, -0.15) is 0 Å². The molecule has 4 rings (SSSR count). The first-order chi connectivity index (χ1) is 13.8. The maximum Gasteiger partial charge on any atom is 0.261 e. The number of sulfonamides is 1. The second kappa shape index (κ2) is 7.71. The molecule has 2 heterocycles. The molecule has 1 amide bonds. The minimum absolute atomic E-state index is 0.159. The Morgan fingerprint density at radius 1 is 1.07 bits per heavy atom. The molecule has 154 valence electrons. The fraction of sp³-hybridized carbons (Fsp3) is 0.409. The topological polar surface area (TPSA) is 75.7 Å². The van der Waals surface area contributed by atoms with E-state index in [1.54, 1.807) is 24.3 Å². The number of benzene rings is 2. The maximum absolute atomic E-state index is 12.9. The van der Waals surface area contributed by atoms with Gasteiger partial charge in [0.15, 0.2) is 0 Å². The number of aryl methyl sites for hydroxylation is 2. The summed E-state index contributed by atoms with van der Waals surface area (Å²) in [4.78, 5) is 14.2. The molecule has 0 aromatic heterocycles. The summed E-state index contributed by atoms with van der Waals surface area (Å²) >= 11 is 0. The third kappa shape index (κ3) is 4.10. The van der Waals surface area contributed by atoms with Gasteiger partial charge in [0.1, 0.15) is 5.75 Å². The quantitative estimate of drug-likeness (QED) is 0.781. The van der Waals surface area contributed by atoms with E-state index >= 15 is 0 Å². The van der Waals surface area contributed by atoms with E-state index in [2.05, 4.69) is 18.6 Å². The van der Waals surface area contributed by atoms with Crippen molar-refractivity contribution >= 4 is 27.3 Å². The normalized spacial score (nSPS) is 16.0. The number of amides is 1. The van der Waals surface area contributed by atoms with Gasteiger partial charge < -0.3 is 9.64 Å². The van der Waals surface area contributed by atoms with E-state index in [0.29, 0.717) is 36.8 Å². The van der Waals surface area contributed by atoms with Crippen LogP contribution in [0, 0.1) is 5.92 Å². The zero-order valence-electron chi connectivity index (χ0n) is 16.8. The second-order valence-corrected chi connectivity index (χ2v) is 9.76. The molecule has 6 nitrogen and oxygen atoms in total. The van der Waals surface area contributed by atoms with Crippen LogP contribution in [-0.4, -0.2) is 27.5 Å². The molecule has 0 aliphatic carbocycles. The lowest BCUT2D eigenvalue weighted by molar-refractivity contribution is -0.119. The lowest BCUT2D eigenvalue weighted by Gasteiger charge is -2.35. The molecule has 0 unspecified atom stereocenters. The first-order valence-corrected chi connectivity index (χ1v) is 11.5. The molecule has 1 N–H and O–H groups in total. The highest BCUT2D eigenvalue weighted by molar-refractivity contribution is 7.92. The molecular formula is C22H26N2O4S. The molecule has 0 spiro atoms. The predicted octanol–water partition coefficient (Wildman–Crippen LogP) is 3.75. The summed E-state index contributed by atoms with van der Waals surface area (Å²) in [5.41, 5.74) is 3.62. The highest BCUT2D eigenvalue weighted by Gasteiger charge is 2.30. The van der Waals surface area contributed by atoms with E-state index in [1.807, 2.05) is 17.0 Å². The van der Waals surface area contributed by atoms with Crippen LogP contribution in [0.4, 0.5) is 11.4 Å². The molecule has 2 aliphatic heterocycles. The minimum atomic E-state index is -3.71. The van der Waals surface area contributed by atoms with E-state index in [1.165, 1.54) is 0 Å². The van der Waals surface area contributed by atoms with E-state index in [9.17, 15) is 13.2 Å². The van der Waals surface area contributed by atoms with Crippen LogP contribution in [0.3, 0.4) is 0 Å². The number of hydrogen-bond donors (Lipinski definition) is 1. The van der Waals surface area contributed by atoms with Gasteiger partial charge in [-0.25, -0.2) is 8.42 Å². The fourth-order valence-corrected chi connectivity index (χ4v) is 4.94. The number of rotatable bonds is 6. The van der Waals surface area contributed by atoms with Crippen molar-refractivity contribution in [2.75, 3.05) is 22.8 Å². The number of hydrogen-bond acceptors (Lipinski definition) is 4. The van der Waals surface area contributed by atoms with E-state index in [0.717, 1.165) is 36.2 Å². The molecule has 29 heavy (non-hydrogen) atoms. The third-order valence-corrected chi connectivity index (χ3v) is 6.64. The predicted molar refractivity (Wildman–Crippen MR) is 113 cm³/mol. The number of nitrogens with zero attached hydrogens (tertiary/aromatic N) is 1. The van der Waals surface area contributed by atoms with Crippen LogP contribution >= 0.6 is 0 Å². The molecule has 0 fully saturated rings. The average Bonchev–Trinajstić information content (AvgIpc) is 2.69. The Hall–Kier alpha value is -2.54. The van der Waals surface area contributed by atoms with E-state index < -0.39 is 10.0 Å². The monoisotopic (exact) mass is 414 g/mol. The minimum Gasteiger partial charge on any atom is -0.493 e. The SMILES string of the molecule is CC(C)COc1ccc(S(=O)(=O)Nc2cc3c4c(c2)CCC(=O)N4CCC3)cc1. The van der Waals surface area contributed by atoms with Crippen molar-refractivity contribution in [3.8, 4) is 5.75 Å². The van der Waals surface area contributed by atoms with Crippen molar-refractivity contribution in [2.24, 2.45) is 5.92 Å². The Morgan fingerprint density at radius 2 is 1.76 bits per heavy atom. The van der Waals surface area contributed by atoms with Crippen LogP contribution in [0.1, 0.15) is 37.8 Å². The van der Waals surface area contributed by atoms with Gasteiger partial charge in [-0.15, -0.1) is 0 Å². The van der Waals surface area contributed by atoms with E-state index in [4.69, 9.17) is 4.74 Å². The van der Waals surface area contributed by atoms with Crippen LogP contribution in [0.5, 0.6) is 5.75 Å². The van der Waals surface area contributed by atoms with E-state index in [-0.39, 0.29) is 10.8 Å². The van der Waals surface area contributed by atoms with Gasteiger partial charge in [-0.3, -0.25) is 9.52 Å². The smallest absolute Gasteiger partial charge is 0.261 e. The number of carbonyl (C=O) groups excluding carboxylic acids is 1. The van der Waals surface area contributed by atoms with Crippen LogP contribution in [0.2, 0.25) is 0 Å². The summed E-state index contributed by atoms with van der Waals surface area (Å²) in [6.45, 7) is 5.45. The van der Waals surface area contributed by atoms with Crippen molar-refractivity contribution in [3.05, 3.63) is 47.5 Å². The Kier molecular flexibility index (Phi) is 5.25. The van der Waals surface area contributed by atoms with Crippen molar-refractivity contribution in [1.82, 2.24) is 0 Å². The zero-order valence-corrected chi connectivity index (χ0v) is 17.6. The van der Waals surface area contributed by atoms with Gasteiger partial charge in [0.25, 0.3) is 10.0 Å². The van der Waals surface area contributed by atoms with Gasteiger partial charge >= 0.3 is 0 Å². The number of carbonyl (C=O) groups is 1. The summed E-state index contributed by atoms with van der Waals surface area (Å²) < 4.78 is 34.1. The first-order valence-electron chi connectivity index (χ1n) is 10.1. The molecule has 2 aliphatic rings. The Bertz CT molecular complexity index is 1010. The number of nitrogens with one attached hydrogen (secondary N) is 1. The summed E-state index contributed by atoms with van der Waals surface area (Å²) in [5, 5.41) is 0. The van der Waals surface area contributed by atoms with Crippen LogP contribution in [0.25, 0.3) is 0 Å². The van der Waals surface area contributed by atoms with Crippen molar-refractivity contribution in [2.45, 2.75) is 44.4 Å². The Morgan fingerprint density at radius 3 is 2.45 bits per heavy atom. The lowest BCUT2D eigenvalue weighted by Crippen LogP contribution is -2.39. The fourth-order valence-electron chi connectivity index (χ4n) is 3.90. The highest BCUT2D eigenvalue weighted by atomic mass is 32.2. The highest BCUT2D eigenvalue weighted by Crippen LogP contribution is 2.38. The maximum atomic E-state index is 12.9. The summed E-state index contributed by atoms with van der Waals surface area (Å²) in [5.74, 6) is 1.21. The van der Waals surface area contributed by atoms with Crippen molar-refractivity contribution < 1.29 is 17.9 Å². The molecule has 0 atom stereocenters. The summed E-state index contributed by atoms with van der Waals surface area (Å²) in [7, 11) is -3.71. The Labute approximate surface area is 171 Å². The largest absolute Gasteiger partial charge is 0.493 e. The van der Waals surface area contributed by atoms with Gasteiger partial charge in [0.2, 0.25) is 5.91 Å². The molecule has 0 radical (unpaired) electrons. The number of ether oxygens (including phenoxy) is 1. The molecule has 7 heteroatoms. The standard InChI is InChI=1S/C22H26N2O4S/c1-15(2)14-28-19-6-8-20(9-7-19)29(26,27)23-18-12-16-4-3-11-24-21(25)10-5-17(13-18)22(16)24/h6-9,12-13,15,23H,3-5,10-11,14H2,1-2H3. The average molecular weight is 415 g/mol. The summed E-state index contributed by atoms with van der Waals surface area (Å²) in [6.07, 6.45) is 2.87. The van der Waals surface area contributed by atoms with Gasteiger partial charge in [-0.05, 0) is 72.7 Å². The third-order valence-electron chi connectivity index (χ3n) is 5.24. The van der Waals surface area contributed by atoms with Crippen molar-refractivity contribution in [1.29, 1.82) is 0 Å². The van der Waals surface area contributed by atoms with Gasteiger partial charge in [-0.1, -0.05) is 13.8 Å². The van der Waals surface area contributed by atoms with Crippen LogP contribution < -0.4 is 14.4 Å². The molecule has 2 aromatic carbocycles. The van der Waals surface area contributed by atoms with Crippen LogP contribution in [0.15, 0.2) is 41.3 Å².